The van der Waals surface area contributed by atoms with Crippen LogP contribution in [0, 0.1) is 0 Å². The van der Waals surface area contributed by atoms with E-state index in [0.717, 1.165) is 4.57 Å². The van der Waals surface area contributed by atoms with Crippen molar-refractivity contribution in [3.63, 3.8) is 0 Å². The number of rotatable bonds is 2. The monoisotopic (exact) mass is 170 g/mol. The molecule has 4 heteroatoms. The summed E-state index contributed by atoms with van der Waals surface area (Å²) in [5.74, 6) is 0. The van der Waals surface area contributed by atoms with Crippen molar-refractivity contribution >= 4 is 5.69 Å². The minimum absolute atomic E-state index is 0.0774. The number of pyridine rings is 1. The van der Waals surface area contributed by atoms with Gasteiger partial charge in [0.05, 0.1) is 5.69 Å². The average molecular weight is 170 g/mol. The lowest BCUT2D eigenvalue weighted by molar-refractivity contribution is 0.228. The van der Waals surface area contributed by atoms with Gasteiger partial charge in [0.2, 0.25) is 0 Å². The fraction of sp³-hybridized carbons (Fsp3) is 0.375. The number of nitrogen functional groups attached to an aromatic ring is 1. The number of nitrogens with zero attached hydrogens (tertiary/aromatic N) is 1. The van der Waals surface area contributed by atoms with Gasteiger partial charge in [0.15, 0.2) is 6.30 Å². The van der Waals surface area contributed by atoms with Gasteiger partial charge in [-0.25, -0.2) is 4.39 Å². The summed E-state index contributed by atoms with van der Waals surface area (Å²) in [5, 5.41) is 0. The van der Waals surface area contributed by atoms with Crippen LogP contribution in [0.25, 0.3) is 0 Å². The predicted molar refractivity (Wildman–Crippen MR) is 45.6 cm³/mol. The van der Waals surface area contributed by atoms with Crippen LogP contribution in [0.5, 0.6) is 0 Å². The van der Waals surface area contributed by atoms with Crippen LogP contribution in [0.4, 0.5) is 10.1 Å². The topological polar surface area (TPSA) is 48.0 Å². The standard InChI is InChI=1S/C8H11FN2O/c1-2-7(9)11-5-3-4-6(10)8(11)12/h3-5,7H,2,10H2,1H3. The predicted octanol–water partition coefficient (Wildman–Crippen LogP) is 1.31. The van der Waals surface area contributed by atoms with E-state index in [2.05, 4.69) is 0 Å². The maximum atomic E-state index is 13.0. The zero-order chi connectivity index (χ0) is 9.14. The van der Waals surface area contributed by atoms with Gasteiger partial charge in [-0.15, -0.1) is 0 Å². The molecule has 0 saturated carbocycles. The molecule has 0 bridgehead atoms. The van der Waals surface area contributed by atoms with Crippen molar-refractivity contribution in [2.75, 3.05) is 5.73 Å². The maximum Gasteiger partial charge on any atom is 0.276 e. The normalized spacial score (nSPS) is 12.8. The van der Waals surface area contributed by atoms with Crippen molar-refractivity contribution in [2.24, 2.45) is 0 Å². The molecule has 0 spiro atoms. The van der Waals surface area contributed by atoms with Crippen molar-refractivity contribution < 1.29 is 4.39 Å². The molecular formula is C8H11FN2O. The molecule has 66 valence electrons. The third-order valence-corrected chi connectivity index (χ3v) is 1.64. The number of aromatic nitrogens is 1. The highest BCUT2D eigenvalue weighted by atomic mass is 19.1. The lowest BCUT2D eigenvalue weighted by atomic mass is 10.4. The van der Waals surface area contributed by atoms with Crippen LogP contribution in [0.15, 0.2) is 23.1 Å². The van der Waals surface area contributed by atoms with E-state index >= 15 is 0 Å². The Kier molecular flexibility index (Phi) is 2.47. The average Bonchev–Trinajstić information content (AvgIpc) is 2.08. The lowest BCUT2D eigenvalue weighted by Crippen LogP contribution is -2.23. The van der Waals surface area contributed by atoms with Gasteiger partial charge in [0.25, 0.3) is 5.56 Å². The van der Waals surface area contributed by atoms with Gasteiger partial charge >= 0.3 is 0 Å². The summed E-state index contributed by atoms with van der Waals surface area (Å²) in [7, 11) is 0. The molecule has 0 radical (unpaired) electrons. The summed E-state index contributed by atoms with van der Waals surface area (Å²) in [5.41, 5.74) is 4.92. The van der Waals surface area contributed by atoms with Crippen molar-refractivity contribution in [1.29, 1.82) is 0 Å². The highest BCUT2D eigenvalue weighted by Gasteiger charge is 2.07. The summed E-state index contributed by atoms with van der Waals surface area (Å²) in [6, 6.07) is 3.01. The summed E-state index contributed by atoms with van der Waals surface area (Å²) in [4.78, 5) is 11.2. The summed E-state index contributed by atoms with van der Waals surface area (Å²) < 4.78 is 14.0. The second kappa shape index (κ2) is 3.38. The number of anilines is 1. The first-order chi connectivity index (χ1) is 5.66. The van der Waals surface area contributed by atoms with Gasteiger partial charge in [-0.1, -0.05) is 6.92 Å². The Bertz CT molecular complexity index is 321. The molecule has 1 aromatic heterocycles. The van der Waals surface area contributed by atoms with Crippen molar-refractivity contribution in [2.45, 2.75) is 19.6 Å². The Labute approximate surface area is 69.6 Å². The highest BCUT2D eigenvalue weighted by Crippen LogP contribution is 2.09. The second-order valence-corrected chi connectivity index (χ2v) is 2.52. The van der Waals surface area contributed by atoms with Crippen LogP contribution in [-0.4, -0.2) is 4.57 Å². The number of nitrogens with two attached hydrogens (primary N) is 1. The number of halogens is 1. The molecule has 0 fully saturated rings. The quantitative estimate of drug-likeness (QED) is 0.727. The fourth-order valence-electron chi connectivity index (χ4n) is 0.945. The van der Waals surface area contributed by atoms with Crippen molar-refractivity contribution in [1.82, 2.24) is 4.57 Å². The first-order valence-corrected chi connectivity index (χ1v) is 3.77. The Morgan fingerprint density at radius 1 is 1.75 bits per heavy atom. The molecule has 12 heavy (non-hydrogen) atoms. The lowest BCUT2D eigenvalue weighted by Gasteiger charge is -2.08. The van der Waals surface area contributed by atoms with E-state index in [4.69, 9.17) is 5.73 Å². The SMILES string of the molecule is CCC(F)n1cccc(N)c1=O. The molecule has 3 nitrogen and oxygen atoms in total. The maximum absolute atomic E-state index is 13.0. The van der Waals surface area contributed by atoms with E-state index in [1.807, 2.05) is 0 Å². The molecule has 0 aromatic carbocycles. The Balaban J connectivity index is 3.17. The van der Waals surface area contributed by atoms with E-state index in [9.17, 15) is 9.18 Å². The molecule has 0 amide bonds. The zero-order valence-corrected chi connectivity index (χ0v) is 6.83. The van der Waals surface area contributed by atoms with Crippen LogP contribution in [0.2, 0.25) is 0 Å². The smallest absolute Gasteiger partial charge is 0.276 e. The number of alkyl halides is 1. The van der Waals surface area contributed by atoms with E-state index in [0.29, 0.717) is 0 Å². The number of hydrogen-bond acceptors (Lipinski definition) is 2. The molecule has 1 heterocycles. The summed E-state index contributed by atoms with van der Waals surface area (Å²) in [6.45, 7) is 1.67. The molecule has 1 aromatic rings. The molecule has 2 N–H and O–H groups in total. The molecule has 1 rings (SSSR count). The van der Waals surface area contributed by atoms with E-state index in [1.165, 1.54) is 12.3 Å². The molecule has 1 atom stereocenters. The summed E-state index contributed by atoms with van der Waals surface area (Å²) >= 11 is 0. The van der Waals surface area contributed by atoms with Gasteiger partial charge in [-0.05, 0) is 18.6 Å². The highest BCUT2D eigenvalue weighted by molar-refractivity contribution is 5.33. The third kappa shape index (κ3) is 1.47. The third-order valence-electron chi connectivity index (χ3n) is 1.64. The van der Waals surface area contributed by atoms with Crippen LogP contribution >= 0.6 is 0 Å². The van der Waals surface area contributed by atoms with Crippen LogP contribution in [0.3, 0.4) is 0 Å². The Morgan fingerprint density at radius 2 is 2.42 bits per heavy atom. The Hall–Kier alpha value is -1.32. The van der Waals surface area contributed by atoms with Crippen LogP contribution in [0.1, 0.15) is 19.6 Å². The summed E-state index contributed by atoms with van der Waals surface area (Å²) in [6.07, 6.45) is 0.386. The van der Waals surface area contributed by atoms with E-state index in [-0.39, 0.29) is 12.1 Å². The molecule has 1 unspecified atom stereocenters. The van der Waals surface area contributed by atoms with E-state index < -0.39 is 11.9 Å². The minimum Gasteiger partial charge on any atom is -0.394 e. The van der Waals surface area contributed by atoms with Gasteiger partial charge in [0.1, 0.15) is 0 Å². The largest absolute Gasteiger partial charge is 0.394 e. The second-order valence-electron chi connectivity index (χ2n) is 2.52. The van der Waals surface area contributed by atoms with Crippen molar-refractivity contribution in [3.05, 3.63) is 28.7 Å². The minimum atomic E-state index is -1.28. The Morgan fingerprint density at radius 3 is 3.00 bits per heavy atom. The number of hydrogen-bond donors (Lipinski definition) is 1. The zero-order valence-electron chi connectivity index (χ0n) is 6.83. The van der Waals surface area contributed by atoms with Gasteiger partial charge < -0.3 is 5.73 Å². The molecule has 0 aliphatic heterocycles. The molecular weight excluding hydrogens is 159 g/mol. The van der Waals surface area contributed by atoms with Gasteiger partial charge in [0, 0.05) is 6.20 Å². The van der Waals surface area contributed by atoms with Gasteiger partial charge in [-0.2, -0.15) is 0 Å². The van der Waals surface area contributed by atoms with E-state index in [1.54, 1.807) is 13.0 Å². The van der Waals surface area contributed by atoms with Crippen LogP contribution in [-0.2, 0) is 0 Å². The first kappa shape index (κ1) is 8.77. The molecule has 0 aliphatic carbocycles. The fourth-order valence-corrected chi connectivity index (χ4v) is 0.945. The van der Waals surface area contributed by atoms with Gasteiger partial charge in [-0.3, -0.25) is 9.36 Å². The molecule has 0 aliphatic rings. The van der Waals surface area contributed by atoms with Crippen molar-refractivity contribution in [3.8, 4) is 0 Å². The van der Waals surface area contributed by atoms with Crippen LogP contribution < -0.4 is 11.3 Å². The first-order valence-electron chi connectivity index (χ1n) is 3.77. The molecule has 0 saturated heterocycles.